The first-order valence-corrected chi connectivity index (χ1v) is 6.11. The van der Waals surface area contributed by atoms with Gasteiger partial charge >= 0.3 is 0 Å². The minimum absolute atomic E-state index is 0.121. The lowest BCUT2D eigenvalue weighted by Crippen LogP contribution is -2.29. The fraction of sp³-hybridized carbons (Fsp3) is 1.00. The number of rotatable bonds is 3. The van der Waals surface area contributed by atoms with Gasteiger partial charge in [-0.25, -0.2) is 4.72 Å². The van der Waals surface area contributed by atoms with Crippen molar-refractivity contribution >= 4 is 19.9 Å². The second-order valence-electron chi connectivity index (χ2n) is 2.91. The van der Waals surface area contributed by atoms with Crippen LogP contribution in [0.25, 0.3) is 0 Å². The van der Waals surface area contributed by atoms with Crippen molar-refractivity contribution in [3.8, 4) is 0 Å². The standard InChI is InChI=1S/C6H12ClNO3S/c1-5-6(2-3-11-5)4-8-12(7,9)10/h5-6,8H,2-4H2,1H3. The van der Waals surface area contributed by atoms with Crippen LogP contribution in [0.2, 0.25) is 0 Å². The molecule has 0 aliphatic carbocycles. The lowest BCUT2D eigenvalue weighted by molar-refractivity contribution is 0.107. The predicted molar refractivity (Wildman–Crippen MR) is 46.3 cm³/mol. The molecule has 0 radical (unpaired) electrons. The summed E-state index contributed by atoms with van der Waals surface area (Å²) >= 11 is 0. The molecule has 1 aliphatic heterocycles. The van der Waals surface area contributed by atoms with Crippen LogP contribution in [-0.4, -0.2) is 27.7 Å². The first kappa shape index (κ1) is 10.2. The summed E-state index contributed by atoms with van der Waals surface area (Å²) in [6.07, 6.45) is 1.01. The average Bonchev–Trinajstić information content (AvgIpc) is 2.29. The summed E-state index contributed by atoms with van der Waals surface area (Å²) in [4.78, 5) is 0. The smallest absolute Gasteiger partial charge is 0.297 e. The molecule has 0 saturated carbocycles. The zero-order valence-electron chi connectivity index (χ0n) is 6.79. The Morgan fingerprint density at radius 2 is 2.33 bits per heavy atom. The quantitative estimate of drug-likeness (QED) is 0.694. The SMILES string of the molecule is CC1OCCC1CNS(=O)(=O)Cl. The van der Waals surface area contributed by atoms with E-state index in [2.05, 4.69) is 4.72 Å². The Balaban J connectivity index is 2.32. The van der Waals surface area contributed by atoms with Crippen LogP contribution in [0.1, 0.15) is 13.3 Å². The molecule has 1 saturated heterocycles. The maximum atomic E-state index is 10.5. The molecule has 1 heterocycles. The number of hydrogen-bond acceptors (Lipinski definition) is 3. The highest BCUT2D eigenvalue weighted by Crippen LogP contribution is 2.19. The largest absolute Gasteiger partial charge is 0.378 e. The normalized spacial score (nSPS) is 30.8. The molecule has 0 spiro atoms. The Morgan fingerprint density at radius 3 is 2.75 bits per heavy atom. The minimum atomic E-state index is -3.57. The van der Waals surface area contributed by atoms with Crippen LogP contribution >= 0.6 is 10.7 Å². The summed E-state index contributed by atoms with van der Waals surface area (Å²) in [6.45, 7) is 3.00. The third kappa shape index (κ3) is 3.26. The molecule has 0 aromatic rings. The third-order valence-electron chi connectivity index (χ3n) is 2.05. The van der Waals surface area contributed by atoms with Crippen molar-refractivity contribution in [1.82, 2.24) is 4.72 Å². The van der Waals surface area contributed by atoms with Gasteiger partial charge in [0.2, 0.25) is 0 Å². The molecule has 0 aromatic heterocycles. The molecule has 1 aliphatic rings. The second-order valence-corrected chi connectivity index (χ2v) is 5.29. The average molecular weight is 214 g/mol. The Morgan fingerprint density at radius 1 is 1.67 bits per heavy atom. The van der Waals surface area contributed by atoms with Gasteiger partial charge in [-0.2, -0.15) is 8.42 Å². The van der Waals surface area contributed by atoms with E-state index in [0.717, 1.165) is 6.42 Å². The van der Waals surface area contributed by atoms with Gasteiger partial charge in [0.1, 0.15) is 0 Å². The molecule has 12 heavy (non-hydrogen) atoms. The van der Waals surface area contributed by atoms with Crippen LogP contribution in [0.3, 0.4) is 0 Å². The van der Waals surface area contributed by atoms with Crippen molar-refractivity contribution in [3.05, 3.63) is 0 Å². The van der Waals surface area contributed by atoms with Crippen LogP contribution in [0.4, 0.5) is 0 Å². The highest BCUT2D eigenvalue weighted by molar-refractivity contribution is 8.12. The van der Waals surface area contributed by atoms with Crippen LogP contribution in [0.5, 0.6) is 0 Å². The van der Waals surface area contributed by atoms with E-state index in [1.807, 2.05) is 6.92 Å². The van der Waals surface area contributed by atoms with E-state index in [0.29, 0.717) is 13.2 Å². The Bertz CT molecular complexity index is 241. The van der Waals surface area contributed by atoms with Crippen LogP contribution in [-0.2, 0) is 14.0 Å². The number of ether oxygens (including phenoxy) is 1. The summed E-state index contributed by atoms with van der Waals surface area (Å²) < 4.78 is 28.5. The molecule has 72 valence electrons. The van der Waals surface area contributed by atoms with E-state index in [9.17, 15) is 8.42 Å². The Labute approximate surface area is 76.8 Å². The maximum Gasteiger partial charge on any atom is 0.297 e. The van der Waals surface area contributed by atoms with Crippen molar-refractivity contribution in [2.45, 2.75) is 19.4 Å². The Hall–Kier alpha value is 0.160. The molecular weight excluding hydrogens is 202 g/mol. The van der Waals surface area contributed by atoms with Crippen LogP contribution in [0, 0.1) is 5.92 Å². The third-order valence-corrected chi connectivity index (χ3v) is 2.89. The van der Waals surface area contributed by atoms with Crippen molar-refractivity contribution in [1.29, 1.82) is 0 Å². The van der Waals surface area contributed by atoms with Gasteiger partial charge in [-0.15, -0.1) is 0 Å². The zero-order valence-corrected chi connectivity index (χ0v) is 8.36. The van der Waals surface area contributed by atoms with Crippen LogP contribution < -0.4 is 4.72 Å². The molecule has 0 aromatic carbocycles. The highest BCUT2D eigenvalue weighted by Gasteiger charge is 2.24. The molecule has 1 rings (SSSR count). The maximum absolute atomic E-state index is 10.5. The topological polar surface area (TPSA) is 55.4 Å². The van der Waals surface area contributed by atoms with E-state index in [-0.39, 0.29) is 12.0 Å². The lowest BCUT2D eigenvalue weighted by atomic mass is 10.0. The van der Waals surface area contributed by atoms with Gasteiger partial charge in [0.15, 0.2) is 0 Å². The molecule has 4 nitrogen and oxygen atoms in total. The lowest BCUT2D eigenvalue weighted by Gasteiger charge is -2.12. The van der Waals surface area contributed by atoms with Gasteiger partial charge < -0.3 is 4.74 Å². The molecule has 6 heteroatoms. The minimum Gasteiger partial charge on any atom is -0.378 e. The molecule has 0 bridgehead atoms. The number of hydrogen-bond donors (Lipinski definition) is 1. The van der Waals surface area contributed by atoms with Gasteiger partial charge in [-0.1, -0.05) is 0 Å². The summed E-state index contributed by atoms with van der Waals surface area (Å²) in [5, 5.41) is 0. The Kier molecular flexibility index (Phi) is 3.34. The summed E-state index contributed by atoms with van der Waals surface area (Å²) in [7, 11) is 1.41. The van der Waals surface area contributed by atoms with E-state index in [1.54, 1.807) is 0 Å². The second kappa shape index (κ2) is 3.91. The molecule has 1 N–H and O–H groups in total. The van der Waals surface area contributed by atoms with Gasteiger partial charge in [-0.05, 0) is 13.3 Å². The molecule has 1 fully saturated rings. The summed E-state index contributed by atoms with van der Waals surface area (Å²) in [5.41, 5.74) is 0. The van der Waals surface area contributed by atoms with Crippen LogP contribution in [0.15, 0.2) is 0 Å². The molecule has 2 unspecified atom stereocenters. The van der Waals surface area contributed by atoms with Crippen molar-refractivity contribution < 1.29 is 13.2 Å². The molecule has 0 amide bonds. The number of halogens is 1. The fourth-order valence-electron chi connectivity index (χ4n) is 1.25. The van der Waals surface area contributed by atoms with Gasteiger partial charge in [0, 0.05) is 29.8 Å². The van der Waals surface area contributed by atoms with Gasteiger partial charge in [0.05, 0.1) is 6.10 Å². The fourth-order valence-corrected chi connectivity index (χ4v) is 1.85. The highest BCUT2D eigenvalue weighted by atomic mass is 35.7. The first-order chi connectivity index (χ1) is 5.49. The first-order valence-electron chi connectivity index (χ1n) is 3.80. The molecule has 2 atom stereocenters. The summed E-state index contributed by atoms with van der Waals surface area (Å²) in [5.74, 6) is 0.249. The van der Waals surface area contributed by atoms with E-state index < -0.39 is 9.24 Å². The summed E-state index contributed by atoms with van der Waals surface area (Å²) in [6, 6.07) is 0. The predicted octanol–water partition coefficient (Wildman–Crippen LogP) is 0.485. The van der Waals surface area contributed by atoms with E-state index in [4.69, 9.17) is 15.4 Å². The monoisotopic (exact) mass is 213 g/mol. The van der Waals surface area contributed by atoms with Crippen molar-refractivity contribution in [2.24, 2.45) is 5.92 Å². The van der Waals surface area contributed by atoms with Gasteiger partial charge in [0.25, 0.3) is 9.24 Å². The van der Waals surface area contributed by atoms with E-state index in [1.165, 1.54) is 0 Å². The zero-order chi connectivity index (χ0) is 9.19. The van der Waals surface area contributed by atoms with Gasteiger partial charge in [-0.3, -0.25) is 0 Å². The molecular formula is C6H12ClNO3S. The van der Waals surface area contributed by atoms with Crippen molar-refractivity contribution in [2.75, 3.05) is 13.2 Å². The van der Waals surface area contributed by atoms with Crippen molar-refractivity contribution in [3.63, 3.8) is 0 Å². The number of nitrogens with one attached hydrogen (secondary N) is 1. The van der Waals surface area contributed by atoms with E-state index >= 15 is 0 Å².